The monoisotopic (exact) mass is 177 g/mol. The number of pyridine rings is 1. The molecule has 0 aliphatic carbocycles. The van der Waals surface area contributed by atoms with Crippen molar-refractivity contribution < 1.29 is 9.52 Å². The molecule has 0 amide bonds. The highest BCUT2D eigenvalue weighted by Gasteiger charge is 2.07. The number of aryl methyl sites for hydroxylation is 1. The topological polar surface area (TPSA) is 46.3 Å². The molecule has 0 unspecified atom stereocenters. The third-order valence-electron chi connectivity index (χ3n) is 2.10. The Balaban J connectivity index is 2.66. The maximum atomic E-state index is 9.32. The van der Waals surface area contributed by atoms with Crippen molar-refractivity contribution in [2.24, 2.45) is 0 Å². The number of aliphatic hydroxyl groups excluding tert-OH is 1. The third-order valence-corrected chi connectivity index (χ3v) is 2.10. The molecule has 0 aliphatic heterocycles. The number of furan rings is 1. The average molecular weight is 177 g/mol. The molecule has 0 radical (unpaired) electrons. The molecule has 2 aromatic rings. The van der Waals surface area contributed by atoms with Crippen LogP contribution in [0.4, 0.5) is 0 Å². The average Bonchev–Trinajstić information content (AvgIpc) is 2.47. The summed E-state index contributed by atoms with van der Waals surface area (Å²) in [5.74, 6) is 0. The Morgan fingerprint density at radius 1 is 1.54 bits per heavy atom. The van der Waals surface area contributed by atoms with Gasteiger partial charge in [0.1, 0.15) is 0 Å². The Morgan fingerprint density at radius 2 is 2.31 bits per heavy atom. The fourth-order valence-electron chi connectivity index (χ4n) is 1.30. The van der Waals surface area contributed by atoms with Gasteiger partial charge in [0, 0.05) is 5.39 Å². The lowest BCUT2D eigenvalue weighted by atomic mass is 10.1. The van der Waals surface area contributed by atoms with Gasteiger partial charge in [-0.3, -0.25) is 4.98 Å². The molecule has 68 valence electrons. The molecule has 0 spiro atoms. The minimum absolute atomic E-state index is 0.529. The minimum Gasteiger partial charge on any atom is -0.462 e. The van der Waals surface area contributed by atoms with Gasteiger partial charge < -0.3 is 9.52 Å². The maximum Gasteiger partial charge on any atom is 0.152 e. The number of fused-ring (bicyclic) bond motifs is 1. The van der Waals surface area contributed by atoms with Crippen LogP contribution in [-0.4, -0.2) is 10.1 Å². The molecule has 0 fully saturated rings. The Bertz CT molecular complexity index is 431. The summed E-state index contributed by atoms with van der Waals surface area (Å²) in [4.78, 5) is 4.08. The van der Waals surface area contributed by atoms with E-state index in [2.05, 4.69) is 4.98 Å². The van der Waals surface area contributed by atoms with E-state index >= 15 is 0 Å². The summed E-state index contributed by atoms with van der Waals surface area (Å²) in [5, 5.41) is 10.3. The van der Waals surface area contributed by atoms with Crippen LogP contribution in [0.25, 0.3) is 11.0 Å². The van der Waals surface area contributed by atoms with Crippen LogP contribution in [-0.2, 0) is 0 Å². The van der Waals surface area contributed by atoms with Crippen molar-refractivity contribution in [3.63, 3.8) is 0 Å². The highest BCUT2D eigenvalue weighted by atomic mass is 16.3. The summed E-state index contributed by atoms with van der Waals surface area (Å²) >= 11 is 0. The van der Waals surface area contributed by atoms with Gasteiger partial charge in [-0.15, -0.1) is 0 Å². The molecule has 1 atom stereocenters. The van der Waals surface area contributed by atoms with E-state index in [-0.39, 0.29) is 0 Å². The van der Waals surface area contributed by atoms with E-state index in [1.165, 1.54) is 0 Å². The molecule has 0 bridgehead atoms. The molecule has 2 rings (SSSR count). The molecule has 3 heteroatoms. The van der Waals surface area contributed by atoms with Gasteiger partial charge in [-0.05, 0) is 25.5 Å². The van der Waals surface area contributed by atoms with Crippen LogP contribution in [0.1, 0.15) is 24.3 Å². The van der Waals surface area contributed by atoms with E-state index in [1.807, 2.05) is 13.0 Å². The van der Waals surface area contributed by atoms with Crippen molar-refractivity contribution in [1.29, 1.82) is 0 Å². The lowest BCUT2D eigenvalue weighted by Crippen LogP contribution is -1.93. The SMILES string of the molecule is Cc1coc2cnc([C@@H](C)O)cc12. The summed E-state index contributed by atoms with van der Waals surface area (Å²) < 4.78 is 5.24. The zero-order chi connectivity index (χ0) is 9.42. The summed E-state index contributed by atoms with van der Waals surface area (Å²) in [5.41, 5.74) is 2.51. The lowest BCUT2D eigenvalue weighted by molar-refractivity contribution is 0.194. The summed E-state index contributed by atoms with van der Waals surface area (Å²) in [6.45, 7) is 3.67. The van der Waals surface area contributed by atoms with Crippen LogP contribution in [0.2, 0.25) is 0 Å². The summed E-state index contributed by atoms with van der Waals surface area (Å²) in [6, 6.07) is 1.86. The summed E-state index contributed by atoms with van der Waals surface area (Å²) in [7, 11) is 0. The van der Waals surface area contributed by atoms with Crippen molar-refractivity contribution in [2.75, 3.05) is 0 Å². The molecular weight excluding hydrogens is 166 g/mol. The van der Waals surface area contributed by atoms with Gasteiger partial charge in [-0.25, -0.2) is 0 Å². The molecule has 0 aromatic carbocycles. The molecule has 0 aliphatic rings. The molecular formula is C10H11NO2. The van der Waals surface area contributed by atoms with E-state index in [1.54, 1.807) is 19.4 Å². The van der Waals surface area contributed by atoms with Gasteiger partial charge in [0.05, 0.1) is 24.3 Å². The van der Waals surface area contributed by atoms with Crippen LogP contribution in [0.5, 0.6) is 0 Å². The summed E-state index contributed by atoms with van der Waals surface area (Å²) in [6.07, 6.45) is 2.81. The van der Waals surface area contributed by atoms with Gasteiger partial charge >= 0.3 is 0 Å². The van der Waals surface area contributed by atoms with Crippen molar-refractivity contribution in [3.05, 3.63) is 29.8 Å². The second kappa shape index (κ2) is 2.85. The van der Waals surface area contributed by atoms with Crippen molar-refractivity contribution in [2.45, 2.75) is 20.0 Å². The first-order valence-corrected chi connectivity index (χ1v) is 4.20. The maximum absolute atomic E-state index is 9.32. The van der Waals surface area contributed by atoms with E-state index in [4.69, 9.17) is 4.42 Å². The molecule has 1 N–H and O–H groups in total. The number of nitrogens with zero attached hydrogens (tertiary/aromatic N) is 1. The smallest absolute Gasteiger partial charge is 0.152 e. The number of rotatable bonds is 1. The fourth-order valence-corrected chi connectivity index (χ4v) is 1.30. The van der Waals surface area contributed by atoms with Crippen molar-refractivity contribution >= 4 is 11.0 Å². The van der Waals surface area contributed by atoms with E-state index in [0.717, 1.165) is 16.5 Å². The predicted octanol–water partition coefficient (Wildman–Crippen LogP) is 2.19. The zero-order valence-corrected chi connectivity index (χ0v) is 7.61. The number of hydrogen-bond donors (Lipinski definition) is 1. The van der Waals surface area contributed by atoms with E-state index < -0.39 is 6.10 Å². The first kappa shape index (κ1) is 8.26. The predicted molar refractivity (Wildman–Crippen MR) is 49.4 cm³/mol. The standard InChI is InChI=1S/C10H11NO2/c1-6-5-13-10-4-11-9(7(2)12)3-8(6)10/h3-5,7,12H,1-2H3/t7-/m1/s1. The van der Waals surface area contributed by atoms with Gasteiger partial charge in [-0.1, -0.05) is 0 Å². The highest BCUT2D eigenvalue weighted by molar-refractivity contribution is 5.80. The Morgan fingerprint density at radius 3 is 3.00 bits per heavy atom. The number of aromatic nitrogens is 1. The Labute approximate surface area is 76.0 Å². The highest BCUT2D eigenvalue weighted by Crippen LogP contribution is 2.22. The Hall–Kier alpha value is -1.35. The molecule has 0 saturated carbocycles. The first-order valence-electron chi connectivity index (χ1n) is 4.20. The molecule has 13 heavy (non-hydrogen) atoms. The molecule has 2 heterocycles. The largest absolute Gasteiger partial charge is 0.462 e. The third kappa shape index (κ3) is 1.31. The van der Waals surface area contributed by atoms with Gasteiger partial charge in [0.2, 0.25) is 0 Å². The minimum atomic E-state index is -0.529. The van der Waals surface area contributed by atoms with E-state index in [9.17, 15) is 5.11 Å². The quantitative estimate of drug-likeness (QED) is 0.726. The van der Waals surface area contributed by atoms with Crippen LogP contribution in [0, 0.1) is 6.92 Å². The van der Waals surface area contributed by atoms with E-state index in [0.29, 0.717) is 5.69 Å². The first-order chi connectivity index (χ1) is 6.18. The molecule has 2 aromatic heterocycles. The number of hydrogen-bond acceptors (Lipinski definition) is 3. The van der Waals surface area contributed by atoms with Gasteiger partial charge in [-0.2, -0.15) is 0 Å². The fraction of sp³-hybridized carbons (Fsp3) is 0.300. The lowest BCUT2D eigenvalue weighted by Gasteiger charge is -2.02. The van der Waals surface area contributed by atoms with Crippen molar-refractivity contribution in [1.82, 2.24) is 4.98 Å². The van der Waals surface area contributed by atoms with Crippen LogP contribution in [0.3, 0.4) is 0 Å². The van der Waals surface area contributed by atoms with Crippen molar-refractivity contribution in [3.8, 4) is 0 Å². The van der Waals surface area contributed by atoms with Gasteiger partial charge in [0.25, 0.3) is 0 Å². The van der Waals surface area contributed by atoms with Crippen LogP contribution < -0.4 is 0 Å². The normalized spacial score (nSPS) is 13.5. The zero-order valence-electron chi connectivity index (χ0n) is 7.61. The molecule has 0 saturated heterocycles. The molecule has 3 nitrogen and oxygen atoms in total. The second-order valence-electron chi connectivity index (χ2n) is 3.20. The second-order valence-corrected chi connectivity index (χ2v) is 3.20. The van der Waals surface area contributed by atoms with Crippen LogP contribution in [0.15, 0.2) is 22.9 Å². The van der Waals surface area contributed by atoms with Gasteiger partial charge in [0.15, 0.2) is 5.58 Å². The van der Waals surface area contributed by atoms with Crippen LogP contribution >= 0.6 is 0 Å². The number of aliphatic hydroxyl groups is 1. The Kier molecular flexibility index (Phi) is 1.81.